The smallest absolute Gasteiger partial charge is 0.304 e. The van der Waals surface area contributed by atoms with Gasteiger partial charge >= 0.3 is 5.97 Å². The van der Waals surface area contributed by atoms with Gasteiger partial charge in [0, 0.05) is 17.6 Å². The fraction of sp³-hybridized carbons (Fsp3) is 0.467. The van der Waals surface area contributed by atoms with Gasteiger partial charge in [0.05, 0.1) is 25.3 Å². The molecule has 2 N–H and O–H groups in total. The molecule has 1 aromatic carbocycles. The van der Waals surface area contributed by atoms with Crippen molar-refractivity contribution in [2.24, 2.45) is 0 Å². The molecule has 0 aliphatic heterocycles. The van der Waals surface area contributed by atoms with Crippen LogP contribution < -0.4 is 10.1 Å². The zero-order valence-electron chi connectivity index (χ0n) is 13.1. The predicted octanol–water partition coefficient (Wildman–Crippen LogP) is 2.39. The highest BCUT2D eigenvalue weighted by molar-refractivity contribution is 6.31. The Balaban J connectivity index is 2.79. The number of carbonyl (C=O) groups excluding carboxylic acids is 1. The number of anilines is 1. The lowest BCUT2D eigenvalue weighted by molar-refractivity contribution is -0.137. The summed E-state index contributed by atoms with van der Waals surface area (Å²) in [7, 11) is 3.20. The Hall–Kier alpha value is -1.79. The van der Waals surface area contributed by atoms with E-state index in [4.69, 9.17) is 21.4 Å². The number of carbonyl (C=O) groups is 2. The average molecular weight is 329 g/mol. The molecule has 1 aromatic rings. The molecule has 6 nitrogen and oxygen atoms in total. The number of halogens is 1. The number of rotatable bonds is 7. The number of hydrogen-bond donors (Lipinski definition) is 2. The van der Waals surface area contributed by atoms with E-state index in [9.17, 15) is 9.59 Å². The summed E-state index contributed by atoms with van der Waals surface area (Å²) >= 11 is 6.03. The number of aliphatic carboxylic acids is 1. The summed E-state index contributed by atoms with van der Waals surface area (Å²) in [6.45, 7) is 3.84. The van der Waals surface area contributed by atoms with Crippen molar-refractivity contribution in [1.82, 2.24) is 4.90 Å². The molecule has 0 saturated heterocycles. The zero-order valence-corrected chi connectivity index (χ0v) is 13.9. The highest BCUT2D eigenvalue weighted by Gasteiger charge is 2.20. The molecule has 0 radical (unpaired) electrons. The van der Waals surface area contributed by atoms with Crippen molar-refractivity contribution in [3.8, 4) is 5.75 Å². The van der Waals surface area contributed by atoms with Gasteiger partial charge in [0.2, 0.25) is 5.91 Å². The van der Waals surface area contributed by atoms with Gasteiger partial charge in [-0.1, -0.05) is 11.6 Å². The topological polar surface area (TPSA) is 78.9 Å². The van der Waals surface area contributed by atoms with Gasteiger partial charge < -0.3 is 15.2 Å². The van der Waals surface area contributed by atoms with Crippen LogP contribution in [0.2, 0.25) is 5.02 Å². The number of hydrogen-bond acceptors (Lipinski definition) is 4. The maximum atomic E-state index is 12.3. The average Bonchev–Trinajstić information content (AvgIpc) is 2.47. The Kier molecular flexibility index (Phi) is 6.64. The van der Waals surface area contributed by atoms with Gasteiger partial charge in [-0.05, 0) is 32.5 Å². The normalized spacial score (nSPS) is 12.1. The fourth-order valence-electron chi connectivity index (χ4n) is 1.83. The second-order valence-corrected chi connectivity index (χ2v) is 5.50. The summed E-state index contributed by atoms with van der Waals surface area (Å²) in [5, 5.41) is 12.0. The monoisotopic (exact) mass is 328 g/mol. The molecule has 0 aromatic heterocycles. The van der Waals surface area contributed by atoms with Crippen molar-refractivity contribution < 1.29 is 19.4 Å². The first kappa shape index (κ1) is 18.3. The molecule has 0 aliphatic carbocycles. The van der Waals surface area contributed by atoms with Crippen molar-refractivity contribution in [2.45, 2.75) is 26.3 Å². The number of benzene rings is 1. The molecule has 0 saturated carbocycles. The third-order valence-corrected chi connectivity index (χ3v) is 3.86. The molecule has 0 heterocycles. The number of carboxylic acids is 1. The van der Waals surface area contributed by atoms with E-state index in [1.54, 1.807) is 31.0 Å². The minimum atomic E-state index is -0.894. The van der Waals surface area contributed by atoms with Gasteiger partial charge in [0.25, 0.3) is 0 Å². The summed E-state index contributed by atoms with van der Waals surface area (Å²) < 4.78 is 5.21. The molecule has 22 heavy (non-hydrogen) atoms. The number of ether oxygens (including phenoxy) is 1. The van der Waals surface area contributed by atoms with E-state index in [1.165, 1.54) is 7.11 Å². The van der Waals surface area contributed by atoms with Crippen LogP contribution in [0.3, 0.4) is 0 Å². The molecule has 1 rings (SSSR count). The van der Waals surface area contributed by atoms with Crippen LogP contribution in [0, 0.1) is 6.92 Å². The summed E-state index contributed by atoms with van der Waals surface area (Å²) in [6, 6.07) is 2.91. The van der Waals surface area contributed by atoms with Gasteiger partial charge in [-0.3, -0.25) is 14.5 Å². The van der Waals surface area contributed by atoms with Crippen LogP contribution >= 0.6 is 11.6 Å². The van der Waals surface area contributed by atoms with E-state index in [2.05, 4.69) is 5.32 Å². The van der Waals surface area contributed by atoms with Gasteiger partial charge in [0.15, 0.2) is 0 Å². The molecule has 0 fully saturated rings. The Labute approximate surface area is 135 Å². The van der Waals surface area contributed by atoms with E-state index >= 15 is 0 Å². The summed E-state index contributed by atoms with van der Waals surface area (Å²) in [5.74, 6) is -0.660. The Morgan fingerprint density at radius 2 is 2.09 bits per heavy atom. The van der Waals surface area contributed by atoms with Crippen LogP contribution in [0.25, 0.3) is 0 Å². The van der Waals surface area contributed by atoms with Gasteiger partial charge in [-0.25, -0.2) is 0 Å². The summed E-state index contributed by atoms with van der Waals surface area (Å²) in [4.78, 5) is 24.5. The molecule has 7 heteroatoms. The Morgan fingerprint density at radius 3 is 2.64 bits per heavy atom. The van der Waals surface area contributed by atoms with Crippen LogP contribution in [0.5, 0.6) is 5.75 Å². The van der Waals surface area contributed by atoms with Crippen molar-refractivity contribution >= 4 is 29.2 Å². The lowest BCUT2D eigenvalue weighted by atomic mass is 10.2. The van der Waals surface area contributed by atoms with Crippen molar-refractivity contribution in [3.05, 3.63) is 22.7 Å². The largest absolute Gasteiger partial charge is 0.495 e. The summed E-state index contributed by atoms with van der Waals surface area (Å²) in [6.07, 6.45) is -0.0164. The van der Waals surface area contributed by atoms with Gasteiger partial charge in [0.1, 0.15) is 5.75 Å². The van der Waals surface area contributed by atoms with E-state index in [1.807, 2.05) is 6.92 Å². The lowest BCUT2D eigenvalue weighted by Gasteiger charge is -2.23. The Bertz CT molecular complexity index is 563. The van der Waals surface area contributed by atoms with Crippen molar-refractivity contribution in [2.75, 3.05) is 26.0 Å². The third-order valence-electron chi connectivity index (χ3n) is 3.46. The SMILES string of the molecule is COc1cc(Cl)c(C)cc1NC(=O)C(C)N(C)CCC(=O)O. The first-order valence-electron chi connectivity index (χ1n) is 6.83. The predicted molar refractivity (Wildman–Crippen MR) is 85.7 cm³/mol. The second kappa shape index (κ2) is 8.00. The molecule has 1 amide bonds. The maximum Gasteiger partial charge on any atom is 0.304 e. The first-order valence-corrected chi connectivity index (χ1v) is 7.21. The van der Waals surface area contributed by atoms with Crippen LogP contribution in [0.15, 0.2) is 12.1 Å². The first-order chi connectivity index (χ1) is 10.3. The highest BCUT2D eigenvalue weighted by atomic mass is 35.5. The van der Waals surface area contributed by atoms with Crippen LogP contribution in [0.4, 0.5) is 5.69 Å². The fourth-order valence-corrected chi connectivity index (χ4v) is 1.99. The van der Waals surface area contributed by atoms with Gasteiger partial charge in [-0.2, -0.15) is 0 Å². The number of amides is 1. The number of nitrogens with zero attached hydrogens (tertiary/aromatic N) is 1. The molecule has 0 spiro atoms. The molecule has 1 atom stereocenters. The number of methoxy groups -OCH3 is 1. The molecule has 1 unspecified atom stereocenters. The van der Waals surface area contributed by atoms with Crippen molar-refractivity contribution in [1.29, 1.82) is 0 Å². The molecular weight excluding hydrogens is 308 g/mol. The molecule has 122 valence electrons. The zero-order chi connectivity index (χ0) is 16.9. The number of carboxylic acid groups (broad SMARTS) is 1. The Morgan fingerprint density at radius 1 is 1.45 bits per heavy atom. The lowest BCUT2D eigenvalue weighted by Crippen LogP contribution is -2.40. The van der Waals surface area contributed by atoms with E-state index in [0.29, 0.717) is 23.0 Å². The van der Waals surface area contributed by atoms with Gasteiger partial charge in [-0.15, -0.1) is 0 Å². The minimum absolute atomic E-state index is 0.0164. The van der Waals surface area contributed by atoms with E-state index < -0.39 is 12.0 Å². The standard InChI is InChI=1S/C15H21ClN2O4/c1-9-7-12(13(22-4)8-11(9)16)17-15(21)10(2)18(3)6-5-14(19)20/h7-8,10H,5-6H2,1-4H3,(H,17,21)(H,19,20). The summed E-state index contributed by atoms with van der Waals surface area (Å²) in [5.41, 5.74) is 1.36. The highest BCUT2D eigenvalue weighted by Crippen LogP contribution is 2.31. The second-order valence-electron chi connectivity index (χ2n) is 5.09. The maximum absolute atomic E-state index is 12.3. The van der Waals surface area contributed by atoms with Crippen LogP contribution in [0.1, 0.15) is 18.9 Å². The van der Waals surface area contributed by atoms with E-state index in [0.717, 1.165) is 5.56 Å². The number of likely N-dealkylation sites (N-methyl/N-ethyl adjacent to an activating group) is 1. The van der Waals surface area contributed by atoms with Crippen LogP contribution in [-0.2, 0) is 9.59 Å². The van der Waals surface area contributed by atoms with E-state index in [-0.39, 0.29) is 12.3 Å². The molecular formula is C15H21ClN2O4. The molecule has 0 aliphatic rings. The third kappa shape index (κ3) is 4.89. The minimum Gasteiger partial charge on any atom is -0.495 e. The number of aryl methyl sites for hydroxylation is 1. The quantitative estimate of drug-likeness (QED) is 0.803. The van der Waals surface area contributed by atoms with Crippen molar-refractivity contribution in [3.63, 3.8) is 0 Å². The number of nitrogens with one attached hydrogen (secondary N) is 1. The van der Waals surface area contributed by atoms with Crippen LogP contribution in [-0.4, -0.2) is 48.6 Å². The molecule has 0 bridgehead atoms.